The van der Waals surface area contributed by atoms with Crippen molar-refractivity contribution >= 4 is 46.7 Å². The molecule has 29 heavy (non-hydrogen) atoms. The molecule has 1 aromatic heterocycles. The third-order valence-corrected chi connectivity index (χ3v) is 5.00. The fourth-order valence-corrected chi connectivity index (χ4v) is 3.50. The molecule has 0 aliphatic heterocycles. The van der Waals surface area contributed by atoms with E-state index in [2.05, 4.69) is 10.3 Å². The Morgan fingerprint density at radius 1 is 1.14 bits per heavy atom. The van der Waals surface area contributed by atoms with Gasteiger partial charge in [-0.15, -0.1) is 0 Å². The van der Waals surface area contributed by atoms with Gasteiger partial charge in [0, 0.05) is 16.8 Å². The maximum absolute atomic E-state index is 12.4. The van der Waals surface area contributed by atoms with Gasteiger partial charge in [-0.2, -0.15) is 4.98 Å². The van der Waals surface area contributed by atoms with Gasteiger partial charge in [-0.25, -0.2) is 0 Å². The molecule has 0 aliphatic rings. The number of amides is 2. The van der Waals surface area contributed by atoms with Crippen molar-refractivity contribution in [2.45, 2.75) is 5.16 Å². The molecule has 0 radical (unpaired) electrons. The number of nitrogens with two attached hydrogens (primary N) is 2. The molecular formula is C19H16ClN5O3S. The van der Waals surface area contributed by atoms with Crippen molar-refractivity contribution in [3.05, 3.63) is 75.5 Å². The van der Waals surface area contributed by atoms with Crippen molar-refractivity contribution < 1.29 is 9.59 Å². The number of carbonyl (C=O) groups excluding carboxylic acids is 2. The minimum atomic E-state index is -0.650. The van der Waals surface area contributed by atoms with E-state index in [1.165, 1.54) is 12.1 Å². The number of anilines is 2. The summed E-state index contributed by atoms with van der Waals surface area (Å²) in [4.78, 5) is 39.6. The molecule has 8 nitrogen and oxygen atoms in total. The number of para-hydroxylation sites is 1. The summed E-state index contributed by atoms with van der Waals surface area (Å²) < 4.78 is 1.55. The Hall–Kier alpha value is -3.30. The van der Waals surface area contributed by atoms with Gasteiger partial charge in [-0.1, -0.05) is 35.5 Å². The van der Waals surface area contributed by atoms with Gasteiger partial charge in [-0.05, 0) is 36.4 Å². The fourth-order valence-electron chi connectivity index (χ4n) is 2.55. The van der Waals surface area contributed by atoms with Gasteiger partial charge >= 0.3 is 0 Å². The van der Waals surface area contributed by atoms with E-state index in [0.717, 1.165) is 11.8 Å². The minimum absolute atomic E-state index is 0.0728. The molecule has 0 unspecified atom stereocenters. The molecule has 10 heteroatoms. The van der Waals surface area contributed by atoms with Crippen LogP contribution in [0.1, 0.15) is 10.4 Å². The lowest BCUT2D eigenvalue weighted by Crippen LogP contribution is -2.21. The number of thioether (sulfide) groups is 1. The Balaban J connectivity index is 1.82. The Bertz CT molecular complexity index is 1130. The molecule has 3 rings (SSSR count). The first-order valence-corrected chi connectivity index (χ1v) is 9.68. The predicted molar refractivity (Wildman–Crippen MR) is 114 cm³/mol. The summed E-state index contributed by atoms with van der Waals surface area (Å²) in [6.45, 7) is 0. The van der Waals surface area contributed by atoms with Gasteiger partial charge in [-0.3, -0.25) is 19.0 Å². The van der Waals surface area contributed by atoms with Gasteiger partial charge in [0.2, 0.25) is 5.91 Å². The van der Waals surface area contributed by atoms with Gasteiger partial charge < -0.3 is 16.8 Å². The Kier molecular flexibility index (Phi) is 6.20. The molecular weight excluding hydrogens is 414 g/mol. The number of hydrogen-bond acceptors (Lipinski definition) is 6. The van der Waals surface area contributed by atoms with Gasteiger partial charge in [0.25, 0.3) is 11.5 Å². The Morgan fingerprint density at radius 3 is 2.52 bits per heavy atom. The quantitative estimate of drug-likeness (QED) is 0.406. The highest BCUT2D eigenvalue weighted by Crippen LogP contribution is 2.24. The van der Waals surface area contributed by atoms with Gasteiger partial charge in [0.15, 0.2) is 5.16 Å². The first-order valence-electron chi connectivity index (χ1n) is 8.32. The summed E-state index contributed by atoms with van der Waals surface area (Å²) in [5.41, 5.74) is 11.9. The van der Waals surface area contributed by atoms with Crippen molar-refractivity contribution in [2.24, 2.45) is 5.73 Å². The molecule has 3 aromatic rings. The highest BCUT2D eigenvalue weighted by atomic mass is 35.5. The van der Waals surface area contributed by atoms with Crippen LogP contribution in [0.15, 0.2) is 64.5 Å². The van der Waals surface area contributed by atoms with Crippen LogP contribution in [-0.4, -0.2) is 27.1 Å². The molecule has 0 atom stereocenters. The number of aromatic nitrogens is 2. The van der Waals surface area contributed by atoms with Crippen molar-refractivity contribution in [1.29, 1.82) is 0 Å². The topological polar surface area (TPSA) is 133 Å². The number of benzene rings is 2. The second-order valence-corrected chi connectivity index (χ2v) is 7.24. The first-order chi connectivity index (χ1) is 13.8. The number of hydrogen-bond donors (Lipinski definition) is 3. The minimum Gasteiger partial charge on any atom is -0.385 e. The number of rotatable bonds is 6. The van der Waals surface area contributed by atoms with E-state index in [9.17, 15) is 14.4 Å². The number of primary amides is 1. The van der Waals surface area contributed by atoms with E-state index in [1.54, 1.807) is 47.0 Å². The van der Waals surface area contributed by atoms with Crippen LogP contribution in [-0.2, 0) is 4.79 Å². The molecule has 0 fully saturated rings. The first kappa shape index (κ1) is 20.4. The highest BCUT2D eigenvalue weighted by molar-refractivity contribution is 7.99. The zero-order valence-corrected chi connectivity index (χ0v) is 16.5. The SMILES string of the molecule is NC(=O)c1ccccc1NC(=O)CSc1nc(=O)cc(N)n1-c1ccc(Cl)cc1. The Labute approximate surface area is 174 Å². The summed E-state index contributed by atoms with van der Waals surface area (Å²) in [6.07, 6.45) is 0. The smallest absolute Gasteiger partial charge is 0.275 e. The van der Waals surface area contributed by atoms with Crippen molar-refractivity contribution in [3.8, 4) is 5.69 Å². The average Bonchev–Trinajstić information content (AvgIpc) is 2.67. The van der Waals surface area contributed by atoms with E-state index in [0.29, 0.717) is 16.4 Å². The van der Waals surface area contributed by atoms with Gasteiger partial charge in [0.05, 0.1) is 17.0 Å². The summed E-state index contributed by atoms with van der Waals surface area (Å²) in [7, 11) is 0. The lowest BCUT2D eigenvalue weighted by atomic mass is 10.1. The van der Waals surface area contributed by atoms with E-state index >= 15 is 0 Å². The molecule has 5 N–H and O–H groups in total. The van der Waals surface area contributed by atoms with Crippen molar-refractivity contribution in [1.82, 2.24) is 9.55 Å². The predicted octanol–water partition coefficient (Wildman–Crippen LogP) is 2.30. The zero-order chi connectivity index (χ0) is 21.0. The van der Waals surface area contributed by atoms with E-state index in [1.807, 2.05) is 0 Å². The van der Waals surface area contributed by atoms with E-state index < -0.39 is 17.4 Å². The summed E-state index contributed by atoms with van der Waals surface area (Å²) in [5, 5.41) is 3.42. The lowest BCUT2D eigenvalue weighted by molar-refractivity contribution is -0.113. The third kappa shape index (κ3) is 4.95. The lowest BCUT2D eigenvalue weighted by Gasteiger charge is -2.15. The Morgan fingerprint density at radius 2 is 1.83 bits per heavy atom. The third-order valence-electron chi connectivity index (χ3n) is 3.81. The second kappa shape index (κ2) is 8.80. The molecule has 2 aromatic carbocycles. The standard InChI is InChI=1S/C19H16ClN5O3S/c20-11-5-7-12(8-6-11)25-15(21)9-16(26)24-19(25)29-10-17(27)23-14-4-2-1-3-13(14)18(22)28/h1-9H,10,21H2,(H2,22,28)(H,23,27). The molecule has 2 amide bonds. The van der Waals surface area contributed by atoms with Crippen molar-refractivity contribution in [2.75, 3.05) is 16.8 Å². The van der Waals surface area contributed by atoms with E-state index in [4.69, 9.17) is 23.1 Å². The molecule has 0 spiro atoms. The number of carbonyl (C=O) groups is 2. The molecule has 0 saturated carbocycles. The number of nitrogen functional groups attached to an aromatic ring is 1. The number of halogens is 1. The maximum Gasteiger partial charge on any atom is 0.275 e. The van der Waals surface area contributed by atoms with Crippen LogP contribution < -0.4 is 22.3 Å². The largest absolute Gasteiger partial charge is 0.385 e. The van der Waals surface area contributed by atoms with Crippen LogP contribution in [0.3, 0.4) is 0 Å². The van der Waals surface area contributed by atoms with Gasteiger partial charge in [0.1, 0.15) is 5.82 Å². The maximum atomic E-state index is 12.4. The highest BCUT2D eigenvalue weighted by Gasteiger charge is 2.14. The number of nitrogens with one attached hydrogen (secondary N) is 1. The molecule has 148 valence electrons. The average molecular weight is 430 g/mol. The van der Waals surface area contributed by atoms with Crippen LogP contribution in [0.2, 0.25) is 5.02 Å². The monoisotopic (exact) mass is 429 g/mol. The summed E-state index contributed by atoms with van der Waals surface area (Å²) >= 11 is 6.95. The second-order valence-electron chi connectivity index (χ2n) is 5.86. The molecule has 0 bridgehead atoms. The summed E-state index contributed by atoms with van der Waals surface area (Å²) in [5.74, 6) is -0.948. The van der Waals surface area contributed by atoms with E-state index in [-0.39, 0.29) is 22.3 Å². The van der Waals surface area contributed by atoms with Crippen LogP contribution >= 0.6 is 23.4 Å². The van der Waals surface area contributed by atoms with Crippen molar-refractivity contribution in [3.63, 3.8) is 0 Å². The molecule has 0 saturated heterocycles. The fraction of sp³-hybridized carbons (Fsp3) is 0.0526. The molecule has 0 aliphatic carbocycles. The van der Waals surface area contributed by atoms with Crippen LogP contribution in [0.4, 0.5) is 11.5 Å². The normalized spacial score (nSPS) is 10.5. The summed E-state index contributed by atoms with van der Waals surface area (Å²) in [6, 6.07) is 14.4. The van der Waals surface area contributed by atoms with Crippen LogP contribution in [0.5, 0.6) is 0 Å². The number of nitrogens with zero attached hydrogens (tertiary/aromatic N) is 2. The zero-order valence-electron chi connectivity index (χ0n) is 15.0. The van der Waals surface area contributed by atoms with Crippen LogP contribution in [0, 0.1) is 0 Å². The van der Waals surface area contributed by atoms with Crippen LogP contribution in [0.25, 0.3) is 5.69 Å². The molecule has 1 heterocycles.